The molecule has 0 fully saturated rings. The lowest BCUT2D eigenvalue weighted by Crippen LogP contribution is -2.30. The standard InChI is InChI=1S/C17H21NO3.C7H6O/c1-2-3-4-5-6-7-11-18-16(20)14-10-8-9-13(12-19)15(14)17(18)21;1-3-7-4-2-6(1)5-8-7/h8-10,12H,2-7,11H2,1H3;1-4H,5H2. The van der Waals surface area contributed by atoms with Gasteiger partial charge >= 0.3 is 0 Å². The molecule has 152 valence electrons. The number of carbonyl (C=O) groups is 3. The van der Waals surface area contributed by atoms with Gasteiger partial charge in [0.2, 0.25) is 0 Å². The molecule has 0 aromatic heterocycles. The van der Waals surface area contributed by atoms with Crippen molar-refractivity contribution >= 4 is 18.1 Å². The molecular weight excluding hydrogens is 366 g/mol. The van der Waals surface area contributed by atoms with E-state index in [0.717, 1.165) is 31.6 Å². The molecule has 5 nitrogen and oxygen atoms in total. The SMILES string of the molecule is CCCCCCCCN1C(=O)c2cccc(C=O)c2C1=O.c1cc2ccc1CO2. The highest BCUT2D eigenvalue weighted by Gasteiger charge is 2.36. The molecule has 0 aliphatic carbocycles. The lowest BCUT2D eigenvalue weighted by molar-refractivity contribution is 0.0650. The second-order valence-electron chi connectivity index (χ2n) is 7.35. The van der Waals surface area contributed by atoms with Crippen LogP contribution in [0, 0.1) is 0 Å². The van der Waals surface area contributed by atoms with Gasteiger partial charge in [-0.3, -0.25) is 19.3 Å². The predicted octanol–water partition coefficient (Wildman–Crippen LogP) is 5.03. The van der Waals surface area contributed by atoms with Crippen LogP contribution in [-0.4, -0.2) is 29.5 Å². The molecule has 0 N–H and O–H groups in total. The van der Waals surface area contributed by atoms with Crippen molar-refractivity contribution < 1.29 is 19.1 Å². The third-order valence-electron chi connectivity index (χ3n) is 5.22. The van der Waals surface area contributed by atoms with Gasteiger partial charge in [-0.25, -0.2) is 0 Å². The Hall–Kier alpha value is -2.95. The maximum absolute atomic E-state index is 12.3. The summed E-state index contributed by atoms with van der Waals surface area (Å²) in [5, 5.41) is 0. The number of hydrogen-bond acceptors (Lipinski definition) is 4. The van der Waals surface area contributed by atoms with Crippen molar-refractivity contribution in [3.8, 4) is 5.75 Å². The number of amides is 2. The number of unbranched alkanes of at least 4 members (excludes halogenated alkanes) is 5. The first-order chi connectivity index (χ1) is 14.2. The van der Waals surface area contributed by atoms with E-state index in [1.807, 2.05) is 12.1 Å². The second-order valence-corrected chi connectivity index (χ2v) is 7.35. The van der Waals surface area contributed by atoms with Crippen molar-refractivity contribution in [3.05, 3.63) is 64.7 Å². The van der Waals surface area contributed by atoms with E-state index in [1.54, 1.807) is 18.2 Å². The fourth-order valence-corrected chi connectivity index (χ4v) is 3.56. The largest absolute Gasteiger partial charge is 0.489 e. The van der Waals surface area contributed by atoms with Gasteiger partial charge in [0.15, 0.2) is 6.29 Å². The first-order valence-corrected chi connectivity index (χ1v) is 10.3. The molecule has 0 radical (unpaired) electrons. The van der Waals surface area contributed by atoms with Gasteiger partial charge in [0, 0.05) is 12.1 Å². The van der Waals surface area contributed by atoms with Gasteiger partial charge in [0.25, 0.3) is 11.8 Å². The topological polar surface area (TPSA) is 63.7 Å². The van der Waals surface area contributed by atoms with Crippen LogP contribution in [0.15, 0.2) is 42.5 Å². The van der Waals surface area contributed by atoms with Gasteiger partial charge in [-0.05, 0) is 30.2 Å². The molecule has 3 aliphatic rings. The molecular formula is C24H27NO4. The molecule has 2 bridgehead atoms. The molecule has 3 aliphatic heterocycles. The molecule has 3 heterocycles. The van der Waals surface area contributed by atoms with Crippen molar-refractivity contribution in [2.24, 2.45) is 0 Å². The molecule has 0 unspecified atom stereocenters. The van der Waals surface area contributed by atoms with Crippen molar-refractivity contribution in [2.45, 2.75) is 52.1 Å². The summed E-state index contributed by atoms with van der Waals surface area (Å²) in [6.45, 7) is 3.38. The minimum Gasteiger partial charge on any atom is -0.489 e. The normalized spacial score (nSPS) is 13.6. The van der Waals surface area contributed by atoms with Gasteiger partial charge in [0.1, 0.15) is 12.4 Å². The average Bonchev–Trinajstić information content (AvgIpc) is 3.02. The summed E-state index contributed by atoms with van der Waals surface area (Å²) in [5.74, 6) is 0.388. The van der Waals surface area contributed by atoms with Gasteiger partial charge < -0.3 is 4.74 Å². The van der Waals surface area contributed by atoms with Crippen molar-refractivity contribution in [2.75, 3.05) is 6.54 Å². The Labute approximate surface area is 171 Å². The summed E-state index contributed by atoms with van der Waals surface area (Å²) in [6.07, 6.45) is 7.25. The number of aldehydes is 1. The summed E-state index contributed by atoms with van der Waals surface area (Å²) >= 11 is 0. The van der Waals surface area contributed by atoms with E-state index < -0.39 is 0 Å². The maximum Gasteiger partial charge on any atom is 0.262 e. The van der Waals surface area contributed by atoms with Crippen LogP contribution >= 0.6 is 0 Å². The Morgan fingerprint density at radius 2 is 1.66 bits per heavy atom. The number of carbonyl (C=O) groups excluding carboxylic acids is 3. The molecule has 0 atom stereocenters. The zero-order valence-corrected chi connectivity index (χ0v) is 16.9. The Kier molecular flexibility index (Phi) is 7.17. The number of imide groups is 1. The van der Waals surface area contributed by atoms with E-state index in [-0.39, 0.29) is 17.4 Å². The number of ether oxygens (including phenoxy) is 1. The Morgan fingerprint density at radius 1 is 0.931 bits per heavy atom. The van der Waals surface area contributed by atoms with Crippen LogP contribution in [0.25, 0.3) is 0 Å². The zero-order chi connectivity index (χ0) is 20.6. The highest BCUT2D eigenvalue weighted by Crippen LogP contribution is 2.25. The Bertz CT molecular complexity index is 850. The van der Waals surface area contributed by atoms with Gasteiger partial charge in [-0.2, -0.15) is 0 Å². The first-order valence-electron chi connectivity index (χ1n) is 10.3. The van der Waals surface area contributed by atoms with Crippen molar-refractivity contribution in [1.82, 2.24) is 4.90 Å². The monoisotopic (exact) mass is 393 g/mol. The first kappa shape index (κ1) is 20.8. The van der Waals surface area contributed by atoms with Crippen molar-refractivity contribution in [3.63, 3.8) is 0 Å². The van der Waals surface area contributed by atoms with E-state index >= 15 is 0 Å². The number of rotatable bonds is 8. The summed E-state index contributed by atoms with van der Waals surface area (Å²) in [6, 6.07) is 13.0. The van der Waals surface area contributed by atoms with Crippen molar-refractivity contribution in [1.29, 1.82) is 0 Å². The van der Waals surface area contributed by atoms with Crippen LogP contribution in [-0.2, 0) is 6.61 Å². The van der Waals surface area contributed by atoms with E-state index in [0.29, 0.717) is 24.0 Å². The number of benzene rings is 2. The zero-order valence-electron chi connectivity index (χ0n) is 16.9. The third kappa shape index (κ3) is 4.91. The minimum atomic E-state index is -0.328. The average molecular weight is 393 g/mol. The van der Waals surface area contributed by atoms with E-state index in [2.05, 4.69) is 19.1 Å². The summed E-state index contributed by atoms with van der Waals surface area (Å²) in [5.41, 5.74) is 2.19. The number of fused-ring (bicyclic) bond motifs is 4. The Balaban J connectivity index is 0.000000246. The summed E-state index contributed by atoms with van der Waals surface area (Å²) in [7, 11) is 0. The summed E-state index contributed by atoms with van der Waals surface area (Å²) < 4.78 is 5.18. The van der Waals surface area contributed by atoms with Crippen LogP contribution in [0.3, 0.4) is 0 Å². The third-order valence-corrected chi connectivity index (χ3v) is 5.22. The molecule has 0 saturated heterocycles. The molecule has 5 rings (SSSR count). The molecule has 0 spiro atoms. The van der Waals surface area contributed by atoms with Crippen LogP contribution in [0.2, 0.25) is 0 Å². The number of hydrogen-bond donors (Lipinski definition) is 0. The maximum atomic E-state index is 12.3. The molecule has 0 saturated carbocycles. The highest BCUT2D eigenvalue weighted by molar-refractivity contribution is 6.23. The van der Waals surface area contributed by atoms with Gasteiger partial charge in [-0.15, -0.1) is 0 Å². The van der Waals surface area contributed by atoms with Crippen LogP contribution in [0.1, 0.15) is 82.1 Å². The Morgan fingerprint density at radius 3 is 2.21 bits per heavy atom. The molecule has 2 aromatic carbocycles. The van der Waals surface area contributed by atoms with Gasteiger partial charge in [0.05, 0.1) is 11.1 Å². The highest BCUT2D eigenvalue weighted by atomic mass is 16.5. The lowest BCUT2D eigenvalue weighted by Gasteiger charge is -2.13. The molecule has 2 amide bonds. The smallest absolute Gasteiger partial charge is 0.262 e. The quantitative estimate of drug-likeness (QED) is 0.358. The van der Waals surface area contributed by atoms with Crippen LogP contribution < -0.4 is 4.74 Å². The van der Waals surface area contributed by atoms with E-state index in [9.17, 15) is 14.4 Å². The second kappa shape index (κ2) is 10.0. The van der Waals surface area contributed by atoms with Gasteiger partial charge in [-0.1, -0.05) is 63.3 Å². The van der Waals surface area contributed by atoms with E-state index in [4.69, 9.17) is 4.74 Å². The van der Waals surface area contributed by atoms with Crippen LogP contribution in [0.4, 0.5) is 0 Å². The molecule has 5 heteroatoms. The summed E-state index contributed by atoms with van der Waals surface area (Å²) in [4.78, 5) is 36.8. The molecule has 29 heavy (non-hydrogen) atoms. The predicted molar refractivity (Wildman–Crippen MR) is 111 cm³/mol. The fourth-order valence-electron chi connectivity index (χ4n) is 3.56. The lowest BCUT2D eigenvalue weighted by atomic mass is 10.0. The van der Waals surface area contributed by atoms with Crippen LogP contribution in [0.5, 0.6) is 5.75 Å². The minimum absolute atomic E-state index is 0.267. The molecule has 2 aromatic rings. The van der Waals surface area contributed by atoms with E-state index in [1.165, 1.54) is 29.7 Å². The number of nitrogens with zero attached hydrogens (tertiary/aromatic N) is 1. The fraction of sp³-hybridized carbons (Fsp3) is 0.375.